The number of benzene rings is 3. The van der Waals surface area contributed by atoms with Gasteiger partial charge < -0.3 is 10.1 Å². The highest BCUT2D eigenvalue weighted by Gasteiger charge is 2.17. The van der Waals surface area contributed by atoms with Gasteiger partial charge in [-0.05, 0) is 60.2 Å². The SMILES string of the molecule is COc1ccc(C2=Nc3ccccc3N=C(SCC(=O)Nc3ccc(Cl)cc3F)C2)cc1. The number of anilines is 1. The fourth-order valence-electron chi connectivity index (χ4n) is 3.11. The molecule has 32 heavy (non-hydrogen) atoms. The number of carbonyl (C=O) groups excluding carboxylic acids is 1. The number of hydrogen-bond donors (Lipinski definition) is 1. The molecule has 1 N–H and O–H groups in total. The van der Waals surface area contributed by atoms with Gasteiger partial charge in [-0.1, -0.05) is 23.7 Å². The van der Waals surface area contributed by atoms with E-state index in [0.29, 0.717) is 6.42 Å². The highest BCUT2D eigenvalue weighted by atomic mass is 35.5. The van der Waals surface area contributed by atoms with Gasteiger partial charge >= 0.3 is 0 Å². The molecule has 1 heterocycles. The Morgan fingerprint density at radius 2 is 1.81 bits per heavy atom. The molecular formula is C24H19ClFN3O2S. The Bertz CT molecular complexity index is 1210. The maximum absolute atomic E-state index is 14.0. The number of carbonyl (C=O) groups is 1. The van der Waals surface area contributed by atoms with Crippen molar-refractivity contribution in [3.8, 4) is 5.75 Å². The molecule has 3 aromatic carbocycles. The Labute approximate surface area is 194 Å². The second-order valence-corrected chi connectivity index (χ2v) is 8.40. The van der Waals surface area contributed by atoms with Gasteiger partial charge in [0.05, 0.1) is 40.7 Å². The molecular weight excluding hydrogens is 449 g/mol. The third kappa shape index (κ3) is 5.36. The summed E-state index contributed by atoms with van der Waals surface area (Å²) >= 11 is 7.06. The van der Waals surface area contributed by atoms with Crippen molar-refractivity contribution >= 4 is 57.1 Å². The molecule has 4 rings (SSSR count). The zero-order valence-corrected chi connectivity index (χ0v) is 18.7. The summed E-state index contributed by atoms with van der Waals surface area (Å²) in [4.78, 5) is 22.0. The number of hydrogen-bond acceptors (Lipinski definition) is 5. The number of methoxy groups -OCH3 is 1. The minimum absolute atomic E-state index is 0.0823. The fourth-order valence-corrected chi connectivity index (χ4v) is 4.04. The Morgan fingerprint density at radius 1 is 1.09 bits per heavy atom. The van der Waals surface area contributed by atoms with Gasteiger partial charge in [-0.3, -0.25) is 9.79 Å². The molecule has 0 bridgehead atoms. The highest BCUT2D eigenvalue weighted by Crippen LogP contribution is 2.33. The van der Waals surface area contributed by atoms with Gasteiger partial charge in [-0.15, -0.1) is 11.8 Å². The van der Waals surface area contributed by atoms with Crippen molar-refractivity contribution in [2.75, 3.05) is 18.2 Å². The Balaban J connectivity index is 1.52. The largest absolute Gasteiger partial charge is 0.497 e. The second-order valence-electron chi connectivity index (χ2n) is 6.92. The average molecular weight is 468 g/mol. The van der Waals surface area contributed by atoms with Crippen molar-refractivity contribution in [3.05, 3.63) is 83.1 Å². The van der Waals surface area contributed by atoms with Gasteiger partial charge in [0.15, 0.2) is 0 Å². The van der Waals surface area contributed by atoms with Crippen molar-refractivity contribution in [2.24, 2.45) is 9.98 Å². The van der Waals surface area contributed by atoms with E-state index in [4.69, 9.17) is 26.3 Å². The lowest BCUT2D eigenvalue weighted by atomic mass is 10.1. The molecule has 0 fully saturated rings. The first-order chi connectivity index (χ1) is 15.5. The lowest BCUT2D eigenvalue weighted by Crippen LogP contribution is -2.17. The first-order valence-electron chi connectivity index (χ1n) is 9.78. The number of fused-ring (bicyclic) bond motifs is 1. The Morgan fingerprint density at radius 3 is 2.50 bits per heavy atom. The third-order valence-electron chi connectivity index (χ3n) is 4.70. The smallest absolute Gasteiger partial charge is 0.234 e. The Kier molecular flexibility index (Phi) is 6.87. The maximum atomic E-state index is 14.0. The van der Waals surface area contributed by atoms with Crippen LogP contribution < -0.4 is 10.1 Å². The van der Waals surface area contributed by atoms with Crippen LogP contribution in [0.2, 0.25) is 5.02 Å². The lowest BCUT2D eigenvalue weighted by Gasteiger charge is -2.09. The van der Waals surface area contributed by atoms with E-state index in [0.717, 1.165) is 39.5 Å². The molecule has 162 valence electrons. The number of nitrogens with zero attached hydrogens (tertiary/aromatic N) is 2. The summed E-state index contributed by atoms with van der Waals surface area (Å²) in [5.74, 6) is -0.0680. The predicted octanol–water partition coefficient (Wildman–Crippen LogP) is 6.41. The van der Waals surface area contributed by atoms with Crippen LogP contribution in [0, 0.1) is 5.82 Å². The molecule has 3 aromatic rings. The number of para-hydroxylation sites is 2. The maximum Gasteiger partial charge on any atom is 0.234 e. The van der Waals surface area contributed by atoms with Crippen LogP contribution in [0.1, 0.15) is 12.0 Å². The predicted molar refractivity (Wildman–Crippen MR) is 130 cm³/mol. The minimum atomic E-state index is -0.578. The van der Waals surface area contributed by atoms with Crippen molar-refractivity contribution in [1.82, 2.24) is 0 Å². The standard InChI is InChI=1S/C24H19ClFN3O2S/c1-31-17-9-6-15(7-10-17)22-13-24(29-21-5-3-2-4-20(21)27-22)32-14-23(30)28-19-11-8-16(25)12-18(19)26/h2-12H,13-14H2,1H3,(H,28,30). The van der Waals surface area contributed by atoms with Crippen LogP contribution in [0.4, 0.5) is 21.5 Å². The number of thioether (sulfide) groups is 1. The van der Waals surface area contributed by atoms with Gasteiger partial charge in [0.25, 0.3) is 0 Å². The zero-order valence-electron chi connectivity index (χ0n) is 17.1. The number of nitrogens with one attached hydrogen (secondary N) is 1. The first-order valence-corrected chi connectivity index (χ1v) is 11.1. The number of aliphatic imine (C=N–C) groups is 2. The molecule has 0 spiro atoms. The van der Waals surface area contributed by atoms with Crippen LogP contribution in [0.5, 0.6) is 5.75 Å². The van der Waals surface area contributed by atoms with E-state index >= 15 is 0 Å². The van der Waals surface area contributed by atoms with Crippen LogP contribution in [0.25, 0.3) is 0 Å². The molecule has 0 saturated heterocycles. The van der Waals surface area contributed by atoms with Crippen LogP contribution in [0.15, 0.2) is 76.7 Å². The monoisotopic (exact) mass is 467 g/mol. The number of halogens is 2. The van der Waals surface area contributed by atoms with Crippen LogP contribution >= 0.6 is 23.4 Å². The summed E-state index contributed by atoms with van der Waals surface area (Å²) in [6.45, 7) is 0. The normalized spacial score (nSPS) is 12.8. The fraction of sp³-hybridized carbons (Fsp3) is 0.125. The molecule has 0 aromatic heterocycles. The minimum Gasteiger partial charge on any atom is -0.497 e. The average Bonchev–Trinajstić information content (AvgIpc) is 2.99. The number of ether oxygens (including phenoxy) is 1. The topological polar surface area (TPSA) is 63.1 Å². The molecule has 1 aliphatic heterocycles. The third-order valence-corrected chi connectivity index (χ3v) is 5.91. The summed E-state index contributed by atoms with van der Waals surface area (Å²) in [6, 6.07) is 19.4. The van der Waals surface area contributed by atoms with Crippen LogP contribution in [0.3, 0.4) is 0 Å². The molecule has 1 aliphatic rings. The van der Waals surface area contributed by atoms with E-state index in [2.05, 4.69) is 5.32 Å². The summed E-state index contributed by atoms with van der Waals surface area (Å²) < 4.78 is 19.2. The van der Waals surface area contributed by atoms with E-state index in [1.807, 2.05) is 48.5 Å². The van der Waals surface area contributed by atoms with Gasteiger partial charge in [-0.25, -0.2) is 9.38 Å². The van der Waals surface area contributed by atoms with Gasteiger partial charge in [0.2, 0.25) is 5.91 Å². The Hall–Kier alpha value is -3.16. The molecule has 0 unspecified atom stereocenters. The van der Waals surface area contributed by atoms with E-state index in [1.165, 1.54) is 23.9 Å². The quantitative estimate of drug-likeness (QED) is 0.471. The molecule has 8 heteroatoms. The van der Waals surface area contributed by atoms with Crippen LogP contribution in [-0.2, 0) is 4.79 Å². The van der Waals surface area contributed by atoms with Crippen molar-refractivity contribution < 1.29 is 13.9 Å². The van der Waals surface area contributed by atoms with E-state index in [1.54, 1.807) is 7.11 Å². The van der Waals surface area contributed by atoms with Crippen molar-refractivity contribution in [2.45, 2.75) is 6.42 Å². The second kappa shape index (κ2) is 9.97. The van der Waals surface area contributed by atoms with Crippen LogP contribution in [-0.4, -0.2) is 29.5 Å². The molecule has 1 amide bonds. The molecule has 0 aliphatic carbocycles. The summed E-state index contributed by atoms with van der Waals surface area (Å²) in [5.41, 5.74) is 3.38. The van der Waals surface area contributed by atoms with E-state index in [-0.39, 0.29) is 22.4 Å². The summed E-state index contributed by atoms with van der Waals surface area (Å²) in [5, 5.41) is 3.59. The molecule has 0 saturated carbocycles. The summed E-state index contributed by atoms with van der Waals surface area (Å²) in [7, 11) is 1.62. The van der Waals surface area contributed by atoms with E-state index in [9.17, 15) is 9.18 Å². The van der Waals surface area contributed by atoms with E-state index < -0.39 is 5.82 Å². The molecule has 0 radical (unpaired) electrons. The number of amides is 1. The number of rotatable bonds is 5. The van der Waals surface area contributed by atoms with Crippen molar-refractivity contribution in [3.63, 3.8) is 0 Å². The van der Waals surface area contributed by atoms with Gasteiger partial charge in [0.1, 0.15) is 11.6 Å². The summed E-state index contributed by atoms with van der Waals surface area (Å²) in [6.07, 6.45) is 0.467. The zero-order chi connectivity index (χ0) is 22.5. The lowest BCUT2D eigenvalue weighted by molar-refractivity contribution is -0.113. The van der Waals surface area contributed by atoms with Gasteiger partial charge in [0, 0.05) is 11.4 Å². The molecule has 0 atom stereocenters. The highest BCUT2D eigenvalue weighted by molar-refractivity contribution is 8.14. The van der Waals surface area contributed by atoms with Crippen molar-refractivity contribution in [1.29, 1.82) is 0 Å². The first kappa shape index (κ1) is 22.0. The molecule has 5 nitrogen and oxygen atoms in total. The van der Waals surface area contributed by atoms with Gasteiger partial charge in [-0.2, -0.15) is 0 Å².